The van der Waals surface area contributed by atoms with Crippen LogP contribution in [-0.4, -0.2) is 0 Å². The normalized spacial score (nSPS) is 8.92. The third-order valence-corrected chi connectivity index (χ3v) is 2.27. The number of rotatable bonds is 1. The van der Waals surface area contributed by atoms with Gasteiger partial charge in [0.15, 0.2) is 0 Å². The predicted molar refractivity (Wildman–Crippen MR) is 50.3 cm³/mol. The van der Waals surface area contributed by atoms with Crippen LogP contribution in [0.3, 0.4) is 0 Å². The molecule has 0 amide bonds. The van der Waals surface area contributed by atoms with Gasteiger partial charge in [-0.25, -0.2) is 0 Å². The maximum absolute atomic E-state index is 8.75. The van der Waals surface area contributed by atoms with Crippen LogP contribution in [-0.2, 0) is 6.42 Å². The van der Waals surface area contributed by atoms with Crippen molar-refractivity contribution in [3.05, 3.63) is 33.8 Å². The number of benzene rings is 1. The van der Waals surface area contributed by atoms with Crippen LogP contribution in [0.5, 0.6) is 0 Å². The van der Waals surface area contributed by atoms with E-state index < -0.39 is 0 Å². The first kappa shape index (κ1) is 9.58. The van der Waals surface area contributed by atoms with E-state index in [0.29, 0.717) is 22.6 Å². The maximum Gasteiger partial charge on any atom is 0.101 e. The van der Waals surface area contributed by atoms with Gasteiger partial charge in [-0.05, 0) is 24.1 Å². The Labute approximate surface area is 82.0 Å². The summed E-state index contributed by atoms with van der Waals surface area (Å²) < 4.78 is 0. The summed E-state index contributed by atoms with van der Waals surface area (Å²) in [6.07, 6.45) is 0.664. The lowest BCUT2D eigenvalue weighted by atomic mass is 10.0. The quantitative estimate of drug-likeness (QED) is 0.684. The molecular formula is C10H7ClN2. The van der Waals surface area contributed by atoms with Crippen LogP contribution in [0.25, 0.3) is 0 Å². The van der Waals surface area contributed by atoms with E-state index >= 15 is 0 Å². The number of nitrogens with zero attached hydrogens (tertiary/aromatic N) is 2. The van der Waals surface area contributed by atoms with Gasteiger partial charge < -0.3 is 0 Å². The molecule has 0 aliphatic rings. The molecule has 0 saturated carbocycles. The van der Waals surface area contributed by atoms with E-state index in [9.17, 15) is 0 Å². The zero-order valence-electron chi connectivity index (χ0n) is 7.13. The van der Waals surface area contributed by atoms with Crippen molar-refractivity contribution in [1.82, 2.24) is 0 Å². The third-order valence-electron chi connectivity index (χ3n) is 1.84. The molecule has 0 saturated heterocycles. The van der Waals surface area contributed by atoms with Crippen molar-refractivity contribution in [2.75, 3.05) is 0 Å². The predicted octanol–water partition coefficient (Wildman–Crippen LogP) is 2.65. The molecule has 3 heteroatoms. The Bertz CT molecular complexity index is 410. The van der Waals surface area contributed by atoms with Crippen LogP contribution in [0.15, 0.2) is 12.1 Å². The Hall–Kier alpha value is -1.51. The van der Waals surface area contributed by atoms with Crippen molar-refractivity contribution in [2.45, 2.75) is 13.3 Å². The lowest BCUT2D eigenvalue weighted by molar-refractivity contribution is 1.12. The zero-order valence-corrected chi connectivity index (χ0v) is 7.89. The van der Waals surface area contributed by atoms with Crippen molar-refractivity contribution in [1.29, 1.82) is 10.5 Å². The minimum atomic E-state index is 0.407. The fraction of sp³-hybridized carbons (Fsp3) is 0.200. The molecule has 1 aromatic carbocycles. The minimum absolute atomic E-state index is 0.407. The van der Waals surface area contributed by atoms with Gasteiger partial charge in [0.1, 0.15) is 6.07 Å². The summed E-state index contributed by atoms with van der Waals surface area (Å²) in [7, 11) is 0. The number of hydrogen-bond donors (Lipinski definition) is 0. The molecule has 2 nitrogen and oxygen atoms in total. The highest BCUT2D eigenvalue weighted by Gasteiger charge is 2.08. The van der Waals surface area contributed by atoms with Gasteiger partial charge in [-0.15, -0.1) is 0 Å². The molecule has 0 spiro atoms. The largest absolute Gasteiger partial charge is 0.192 e. The standard InChI is InChI=1S/C10H7ClN2/c1-2-9-7(5-12)3-4-8(6-13)10(9)11/h3-4H,2H2,1H3. The average molecular weight is 191 g/mol. The van der Waals surface area contributed by atoms with Crippen LogP contribution < -0.4 is 0 Å². The molecular weight excluding hydrogens is 184 g/mol. The molecule has 13 heavy (non-hydrogen) atoms. The molecule has 1 rings (SSSR count). The molecule has 0 atom stereocenters. The summed E-state index contributed by atoms with van der Waals surface area (Å²) in [6, 6.07) is 7.22. The molecule has 0 heterocycles. The number of hydrogen-bond acceptors (Lipinski definition) is 2. The van der Waals surface area contributed by atoms with Gasteiger partial charge in [-0.3, -0.25) is 0 Å². The first-order valence-electron chi connectivity index (χ1n) is 3.86. The lowest BCUT2D eigenvalue weighted by Crippen LogP contribution is -1.91. The van der Waals surface area contributed by atoms with Crippen molar-refractivity contribution < 1.29 is 0 Å². The topological polar surface area (TPSA) is 47.6 Å². The summed E-state index contributed by atoms with van der Waals surface area (Å²) in [5.74, 6) is 0. The SMILES string of the molecule is CCc1c(C#N)ccc(C#N)c1Cl. The average Bonchev–Trinajstić information content (AvgIpc) is 2.17. The Morgan fingerprint density at radius 3 is 2.23 bits per heavy atom. The van der Waals surface area contributed by atoms with Crippen molar-refractivity contribution in [2.24, 2.45) is 0 Å². The van der Waals surface area contributed by atoms with Gasteiger partial charge in [0.25, 0.3) is 0 Å². The zero-order chi connectivity index (χ0) is 9.84. The summed E-state index contributed by atoms with van der Waals surface area (Å²) >= 11 is 5.92. The summed E-state index contributed by atoms with van der Waals surface area (Å²) in [6.45, 7) is 1.91. The summed E-state index contributed by atoms with van der Waals surface area (Å²) in [5.41, 5.74) is 1.73. The molecule has 64 valence electrons. The second-order valence-corrected chi connectivity index (χ2v) is 2.91. The first-order chi connectivity index (χ1) is 6.24. The maximum atomic E-state index is 8.75. The van der Waals surface area contributed by atoms with Gasteiger partial charge in [0, 0.05) is 0 Å². The Balaban J connectivity index is 3.45. The second kappa shape index (κ2) is 3.94. The van der Waals surface area contributed by atoms with Crippen molar-refractivity contribution in [3.8, 4) is 12.1 Å². The van der Waals surface area contributed by atoms with E-state index in [0.717, 1.165) is 5.56 Å². The van der Waals surface area contributed by atoms with E-state index in [4.69, 9.17) is 22.1 Å². The Kier molecular flexibility index (Phi) is 2.90. The van der Waals surface area contributed by atoms with Crippen LogP contribution in [0, 0.1) is 22.7 Å². The van der Waals surface area contributed by atoms with Gasteiger partial charge in [0.2, 0.25) is 0 Å². The van der Waals surface area contributed by atoms with E-state index in [1.165, 1.54) is 0 Å². The molecule has 0 N–H and O–H groups in total. The monoisotopic (exact) mass is 190 g/mol. The molecule has 0 bridgehead atoms. The molecule has 1 aromatic rings. The van der Waals surface area contributed by atoms with Crippen LogP contribution in [0.1, 0.15) is 23.6 Å². The van der Waals surface area contributed by atoms with Gasteiger partial charge in [-0.2, -0.15) is 10.5 Å². The molecule has 0 fully saturated rings. The fourth-order valence-corrected chi connectivity index (χ4v) is 1.50. The first-order valence-corrected chi connectivity index (χ1v) is 4.24. The Morgan fingerprint density at radius 1 is 1.23 bits per heavy atom. The lowest BCUT2D eigenvalue weighted by Gasteiger charge is -2.04. The summed E-state index contributed by atoms with van der Waals surface area (Å²) in [4.78, 5) is 0. The molecule has 0 aliphatic heterocycles. The fourth-order valence-electron chi connectivity index (χ4n) is 1.16. The van der Waals surface area contributed by atoms with E-state index in [-0.39, 0.29) is 0 Å². The third kappa shape index (κ3) is 1.64. The van der Waals surface area contributed by atoms with Crippen molar-refractivity contribution in [3.63, 3.8) is 0 Å². The number of halogens is 1. The molecule has 0 aliphatic carbocycles. The van der Waals surface area contributed by atoms with Crippen molar-refractivity contribution >= 4 is 11.6 Å². The van der Waals surface area contributed by atoms with Crippen LogP contribution in [0.4, 0.5) is 0 Å². The van der Waals surface area contributed by atoms with Crippen LogP contribution in [0.2, 0.25) is 5.02 Å². The highest BCUT2D eigenvalue weighted by atomic mass is 35.5. The minimum Gasteiger partial charge on any atom is -0.192 e. The van der Waals surface area contributed by atoms with E-state index in [1.807, 2.05) is 19.1 Å². The molecule has 0 radical (unpaired) electrons. The smallest absolute Gasteiger partial charge is 0.101 e. The number of nitriles is 2. The highest BCUT2D eigenvalue weighted by molar-refractivity contribution is 6.32. The van der Waals surface area contributed by atoms with E-state index in [1.54, 1.807) is 12.1 Å². The highest BCUT2D eigenvalue weighted by Crippen LogP contribution is 2.24. The van der Waals surface area contributed by atoms with Crippen LogP contribution >= 0.6 is 11.6 Å². The summed E-state index contributed by atoms with van der Waals surface area (Å²) in [5, 5.41) is 17.8. The Morgan fingerprint density at radius 2 is 1.77 bits per heavy atom. The second-order valence-electron chi connectivity index (χ2n) is 2.53. The van der Waals surface area contributed by atoms with Gasteiger partial charge in [0.05, 0.1) is 22.2 Å². The van der Waals surface area contributed by atoms with E-state index in [2.05, 4.69) is 0 Å². The molecule has 0 aromatic heterocycles. The van der Waals surface area contributed by atoms with Gasteiger partial charge >= 0.3 is 0 Å². The molecule has 0 unspecified atom stereocenters. The van der Waals surface area contributed by atoms with Gasteiger partial charge in [-0.1, -0.05) is 18.5 Å².